The van der Waals surface area contributed by atoms with Crippen LogP contribution in [0.2, 0.25) is 5.02 Å². The lowest BCUT2D eigenvalue weighted by Crippen LogP contribution is -2.70. The summed E-state index contributed by atoms with van der Waals surface area (Å²) >= 11 is 6.07. The molecule has 4 aliphatic rings. The topological polar surface area (TPSA) is 141 Å². The molecule has 4 fully saturated rings. The number of piperazine rings is 1. The Hall–Kier alpha value is -3.26. The molecule has 0 bridgehead atoms. The molecule has 1 amide bonds. The van der Waals surface area contributed by atoms with Crippen molar-refractivity contribution in [2.75, 3.05) is 57.9 Å². The zero-order chi connectivity index (χ0) is 28.5. The average molecular weight is 580 g/mol. The molecule has 1 aromatic carbocycles. The number of hydrogen-bond donors (Lipinski definition) is 0. The Labute approximate surface area is 235 Å². The van der Waals surface area contributed by atoms with Gasteiger partial charge in [-0.15, -0.1) is 0 Å². The fourth-order valence-corrected chi connectivity index (χ4v) is 5.53. The summed E-state index contributed by atoms with van der Waals surface area (Å²) < 4.78 is 28.3. The van der Waals surface area contributed by atoms with E-state index in [1.807, 2.05) is 4.90 Å². The molecule has 13 nitrogen and oxygen atoms in total. The lowest BCUT2D eigenvalue weighted by atomic mass is 9.91. The smallest absolute Gasteiger partial charge is 0.364 e. The first-order valence-electron chi connectivity index (χ1n) is 13.1. The van der Waals surface area contributed by atoms with E-state index in [0.29, 0.717) is 44.4 Å². The minimum atomic E-state index is -2.60. The number of benzene rings is 1. The highest BCUT2D eigenvalue weighted by molar-refractivity contribution is 6.30. The second-order valence-electron chi connectivity index (χ2n) is 10.0. The van der Waals surface area contributed by atoms with Gasteiger partial charge in [0.15, 0.2) is 0 Å². The number of esters is 4. The Bertz CT molecular complexity index is 1170. The molecule has 1 aromatic rings. The van der Waals surface area contributed by atoms with E-state index in [9.17, 15) is 24.0 Å². The number of carbonyl (C=O) groups is 5. The number of amides is 1. The number of methoxy groups -OCH3 is 1. The molecule has 40 heavy (non-hydrogen) atoms. The van der Waals surface area contributed by atoms with Gasteiger partial charge in [-0.05, 0) is 24.3 Å². The predicted molar refractivity (Wildman–Crippen MR) is 136 cm³/mol. The van der Waals surface area contributed by atoms with Crippen LogP contribution in [0.15, 0.2) is 24.3 Å². The highest BCUT2D eigenvalue weighted by atomic mass is 35.5. The first kappa shape index (κ1) is 28.3. The summed E-state index contributed by atoms with van der Waals surface area (Å²) in [6.45, 7) is 3.14. The normalized spacial score (nSPS) is 30.1. The van der Waals surface area contributed by atoms with Crippen LogP contribution in [0.1, 0.15) is 25.7 Å². The fourth-order valence-electron chi connectivity index (χ4n) is 5.40. The molecule has 0 N–H and O–H groups in total. The third-order valence-electron chi connectivity index (χ3n) is 7.44. The SMILES string of the molecule is COCCN1CCN(C[C@@]23OC(=O)CCC(=O)OC24OC(=O)CCC(=O)OC4N(c2ccc(Cl)cc2)C3=O)CC1. The van der Waals surface area contributed by atoms with Crippen molar-refractivity contribution in [3.8, 4) is 0 Å². The molecule has 0 aliphatic carbocycles. The quantitative estimate of drug-likeness (QED) is 0.342. The van der Waals surface area contributed by atoms with Crippen LogP contribution in [0.3, 0.4) is 0 Å². The van der Waals surface area contributed by atoms with Gasteiger partial charge in [0.2, 0.25) is 0 Å². The van der Waals surface area contributed by atoms with Gasteiger partial charge in [0, 0.05) is 50.5 Å². The van der Waals surface area contributed by atoms with Crippen molar-refractivity contribution in [2.45, 2.75) is 43.3 Å². The number of ether oxygens (including phenoxy) is 5. The Balaban J connectivity index is 1.63. The molecular formula is C26H30ClN3O10. The molecule has 216 valence electrons. The third-order valence-corrected chi connectivity index (χ3v) is 7.69. The maximum Gasteiger partial charge on any atom is 0.364 e. The second kappa shape index (κ2) is 11.3. The number of anilines is 1. The Morgan fingerprint density at radius 2 is 1.38 bits per heavy atom. The standard InChI is InChI=1S/C26H30ClN3O10/c1-36-15-14-28-10-12-29(13-11-28)16-25-23(35)30(18-4-2-17(27)3-5-18)24-26(25,39-21(33)7-6-19(31)37-24)40-22(34)9-8-20(32)38-25/h2-5,24H,6-16H2,1H3/t24?,25-,26?/m0/s1. The average Bonchev–Trinajstić information content (AvgIpc) is 3.08. The second-order valence-corrected chi connectivity index (χ2v) is 10.5. The minimum Gasteiger partial charge on any atom is -0.439 e. The number of hydrogen-bond acceptors (Lipinski definition) is 12. The van der Waals surface area contributed by atoms with Crippen LogP contribution in [-0.4, -0.2) is 110 Å². The van der Waals surface area contributed by atoms with Crippen molar-refractivity contribution in [3.63, 3.8) is 0 Å². The lowest BCUT2D eigenvalue weighted by Gasteiger charge is -2.46. The summed E-state index contributed by atoms with van der Waals surface area (Å²) in [5, 5.41) is 0.371. The van der Waals surface area contributed by atoms with E-state index in [1.54, 1.807) is 7.11 Å². The van der Waals surface area contributed by atoms with E-state index in [-0.39, 0.29) is 37.9 Å². The number of nitrogens with zero attached hydrogens (tertiary/aromatic N) is 3. The molecule has 0 radical (unpaired) electrons. The van der Waals surface area contributed by atoms with E-state index >= 15 is 0 Å². The van der Waals surface area contributed by atoms with Crippen LogP contribution in [0.25, 0.3) is 0 Å². The largest absolute Gasteiger partial charge is 0.439 e. The number of halogens is 1. The van der Waals surface area contributed by atoms with Gasteiger partial charge in [0.05, 0.1) is 38.8 Å². The van der Waals surface area contributed by atoms with Gasteiger partial charge >= 0.3 is 29.7 Å². The molecular weight excluding hydrogens is 550 g/mol. The Morgan fingerprint density at radius 1 is 0.825 bits per heavy atom. The maximum atomic E-state index is 14.5. The zero-order valence-corrected chi connectivity index (χ0v) is 22.7. The van der Waals surface area contributed by atoms with Crippen LogP contribution in [0.5, 0.6) is 0 Å². The first-order chi connectivity index (χ1) is 19.2. The monoisotopic (exact) mass is 579 g/mol. The van der Waals surface area contributed by atoms with Gasteiger partial charge in [0.25, 0.3) is 17.7 Å². The van der Waals surface area contributed by atoms with E-state index < -0.39 is 47.4 Å². The molecule has 0 aromatic heterocycles. The van der Waals surface area contributed by atoms with Gasteiger partial charge < -0.3 is 23.7 Å². The van der Waals surface area contributed by atoms with Crippen molar-refractivity contribution in [3.05, 3.63) is 29.3 Å². The minimum absolute atomic E-state index is 0.200. The van der Waals surface area contributed by atoms with Crippen LogP contribution in [-0.2, 0) is 47.7 Å². The molecule has 14 heteroatoms. The predicted octanol–water partition coefficient (Wildman–Crippen LogP) is 0.472. The van der Waals surface area contributed by atoms with Gasteiger partial charge in [0.1, 0.15) is 0 Å². The summed E-state index contributed by atoms with van der Waals surface area (Å²) in [5.74, 6) is -6.97. The molecule has 4 aliphatic heterocycles. The van der Waals surface area contributed by atoms with Crippen molar-refractivity contribution in [1.82, 2.24) is 9.80 Å². The van der Waals surface area contributed by atoms with E-state index in [1.165, 1.54) is 24.3 Å². The molecule has 4 heterocycles. The molecule has 0 saturated carbocycles. The molecule has 4 saturated heterocycles. The third kappa shape index (κ3) is 5.14. The van der Waals surface area contributed by atoms with Crippen molar-refractivity contribution in [2.24, 2.45) is 0 Å². The molecule has 1 spiro atoms. The van der Waals surface area contributed by atoms with Gasteiger partial charge in [-0.25, -0.2) is 0 Å². The van der Waals surface area contributed by atoms with Crippen LogP contribution in [0, 0.1) is 0 Å². The van der Waals surface area contributed by atoms with E-state index in [0.717, 1.165) is 4.90 Å². The summed E-state index contributed by atoms with van der Waals surface area (Å²) in [7, 11) is 1.62. The van der Waals surface area contributed by atoms with Gasteiger partial charge in [-0.1, -0.05) is 11.6 Å². The molecule has 2 unspecified atom stereocenters. The maximum absolute atomic E-state index is 14.5. The summed E-state index contributed by atoms with van der Waals surface area (Å²) in [4.78, 5) is 71.4. The molecule has 5 rings (SSSR count). The highest BCUT2D eigenvalue weighted by Crippen LogP contribution is 2.50. The van der Waals surface area contributed by atoms with Crippen LogP contribution >= 0.6 is 11.6 Å². The van der Waals surface area contributed by atoms with Gasteiger partial charge in [-0.3, -0.25) is 38.7 Å². The van der Waals surface area contributed by atoms with E-state index in [2.05, 4.69) is 4.90 Å². The van der Waals surface area contributed by atoms with Crippen LogP contribution in [0.4, 0.5) is 5.69 Å². The first-order valence-corrected chi connectivity index (χ1v) is 13.4. The molecule has 3 atom stereocenters. The fraction of sp³-hybridized carbons (Fsp3) is 0.577. The van der Waals surface area contributed by atoms with Crippen molar-refractivity contribution >= 4 is 47.1 Å². The Morgan fingerprint density at radius 3 is 1.98 bits per heavy atom. The number of carbonyl (C=O) groups excluding carboxylic acids is 5. The zero-order valence-electron chi connectivity index (χ0n) is 22.0. The lowest BCUT2D eigenvalue weighted by molar-refractivity contribution is -0.314. The number of rotatable bonds is 6. The Kier molecular flexibility index (Phi) is 8.00. The summed E-state index contributed by atoms with van der Waals surface area (Å²) in [6.07, 6.45) is -3.22. The van der Waals surface area contributed by atoms with E-state index in [4.69, 9.17) is 35.3 Å². The summed E-state index contributed by atoms with van der Waals surface area (Å²) in [6, 6.07) is 6.01. The summed E-state index contributed by atoms with van der Waals surface area (Å²) in [5.41, 5.74) is -2.17. The highest BCUT2D eigenvalue weighted by Gasteiger charge is 2.80. The van der Waals surface area contributed by atoms with Crippen LogP contribution < -0.4 is 4.90 Å². The van der Waals surface area contributed by atoms with Gasteiger partial charge in [-0.2, -0.15) is 0 Å². The van der Waals surface area contributed by atoms with Crippen molar-refractivity contribution < 1.29 is 47.7 Å². The van der Waals surface area contributed by atoms with Crippen molar-refractivity contribution in [1.29, 1.82) is 0 Å².